The van der Waals surface area contributed by atoms with E-state index in [2.05, 4.69) is 22.3 Å². The van der Waals surface area contributed by atoms with Crippen LogP contribution in [0.2, 0.25) is 5.15 Å². The Bertz CT molecular complexity index is 830. The topological polar surface area (TPSA) is 75.0 Å². The van der Waals surface area contributed by atoms with Gasteiger partial charge in [0.2, 0.25) is 16.2 Å². The Kier molecular flexibility index (Phi) is 9.95. The van der Waals surface area contributed by atoms with E-state index in [4.69, 9.17) is 11.6 Å². The Morgan fingerprint density at radius 1 is 0.964 bits per heavy atom. The normalized spacial score (nSPS) is 11.8. The van der Waals surface area contributed by atoms with Crippen LogP contribution >= 0.6 is 11.6 Å². The molecule has 0 unspecified atom stereocenters. The van der Waals surface area contributed by atoms with E-state index < -0.39 is 10.0 Å². The highest BCUT2D eigenvalue weighted by Gasteiger charge is 2.16. The fraction of sp³-hybridized carbons (Fsp3) is 0.600. The van der Waals surface area contributed by atoms with Crippen LogP contribution in [0.25, 0.3) is 11.0 Å². The van der Waals surface area contributed by atoms with Gasteiger partial charge in [-0.1, -0.05) is 98.0 Å². The van der Waals surface area contributed by atoms with Crippen molar-refractivity contribution < 1.29 is 13.1 Å². The van der Waals surface area contributed by atoms with Crippen molar-refractivity contribution in [3.05, 3.63) is 35.6 Å². The average Bonchev–Trinajstić information content (AvgIpc) is 2.67. The van der Waals surface area contributed by atoms with Gasteiger partial charge in [0, 0.05) is 6.07 Å². The number of hydrogen-bond donors (Lipinski definition) is 2. The molecule has 2 aromatic rings. The van der Waals surface area contributed by atoms with Crippen molar-refractivity contribution in [2.24, 2.45) is 0 Å². The Morgan fingerprint density at radius 2 is 1.57 bits per heavy atom. The third-order valence-electron chi connectivity index (χ3n) is 4.69. The van der Waals surface area contributed by atoms with E-state index in [1.165, 1.54) is 55.8 Å². The maximum absolute atomic E-state index is 12.2. The van der Waals surface area contributed by atoms with Crippen molar-refractivity contribution in [2.45, 2.75) is 71.1 Å². The molecule has 2 rings (SSSR count). The number of hydrogen-bond acceptors (Lipinski definition) is 4. The van der Waals surface area contributed by atoms with Gasteiger partial charge in [-0.15, -0.1) is 5.53 Å². The summed E-state index contributed by atoms with van der Waals surface area (Å²) in [4.78, 5) is 6.64. The smallest absolute Gasteiger partial charge is 0.224 e. The fourth-order valence-corrected chi connectivity index (χ4v) is 4.24. The predicted octanol–water partition coefficient (Wildman–Crippen LogP) is 4.47. The molecule has 1 aromatic heterocycles. The van der Waals surface area contributed by atoms with E-state index >= 15 is 0 Å². The molecule has 0 radical (unpaired) electrons. The molecule has 0 atom stereocenters. The standard InChI is InChI=1S/C20H31ClN4O2S/c1-2-3-4-5-6-7-8-9-10-13-16-28(26,27)24-23-25-17-20(21)22-18-14-11-12-15-19(18)25/h11-12,14-15,17,22H,2-10,13,16H2,1H3/p+1. The molecule has 1 heterocycles. The van der Waals surface area contributed by atoms with E-state index in [1.807, 2.05) is 24.3 Å². The number of nitrogens with zero attached hydrogens (tertiary/aromatic N) is 2. The maximum Gasteiger partial charge on any atom is 0.262 e. The van der Waals surface area contributed by atoms with E-state index in [0.29, 0.717) is 11.9 Å². The lowest BCUT2D eigenvalue weighted by Gasteiger charge is -2.07. The van der Waals surface area contributed by atoms with Gasteiger partial charge in [0.25, 0.3) is 5.52 Å². The lowest BCUT2D eigenvalue weighted by Crippen LogP contribution is -2.54. The van der Waals surface area contributed by atoms with Crippen LogP contribution < -0.4 is 15.0 Å². The Hall–Kier alpha value is -1.44. The van der Waals surface area contributed by atoms with Crippen molar-refractivity contribution in [1.82, 2.24) is 9.82 Å². The molecule has 0 aliphatic rings. The zero-order chi connectivity index (χ0) is 20.2. The molecular weight excluding hydrogens is 396 g/mol. The molecule has 156 valence electrons. The highest BCUT2D eigenvalue weighted by Crippen LogP contribution is 2.11. The van der Waals surface area contributed by atoms with Crippen LogP contribution in [0.4, 0.5) is 0 Å². The number of unbranched alkanes of at least 4 members (excludes halogenated alkanes) is 9. The molecule has 0 spiro atoms. The second kappa shape index (κ2) is 12.2. The molecule has 0 aliphatic carbocycles. The minimum absolute atomic E-state index is 0.105. The first kappa shape index (κ1) is 22.8. The highest BCUT2D eigenvalue weighted by molar-refractivity contribution is 7.89. The van der Waals surface area contributed by atoms with Crippen molar-refractivity contribution >= 4 is 32.7 Å². The summed E-state index contributed by atoms with van der Waals surface area (Å²) in [7, 11) is -3.41. The third-order valence-corrected chi connectivity index (χ3v) is 6.10. The maximum atomic E-state index is 12.2. The zero-order valence-corrected chi connectivity index (χ0v) is 18.2. The number of halogens is 1. The van der Waals surface area contributed by atoms with Crippen LogP contribution in [-0.2, 0) is 10.0 Å². The molecule has 6 nitrogen and oxygen atoms in total. The molecule has 8 heteroatoms. The molecule has 0 fully saturated rings. The molecule has 0 bridgehead atoms. The van der Waals surface area contributed by atoms with Gasteiger partial charge in [0.1, 0.15) is 5.52 Å². The predicted molar refractivity (Wildman–Crippen MR) is 115 cm³/mol. The molecule has 0 saturated heterocycles. The van der Waals surface area contributed by atoms with E-state index in [9.17, 15) is 8.42 Å². The van der Waals surface area contributed by atoms with Gasteiger partial charge >= 0.3 is 0 Å². The second-order valence-corrected chi connectivity index (χ2v) is 9.37. The minimum atomic E-state index is -3.41. The van der Waals surface area contributed by atoms with Crippen molar-refractivity contribution in [2.75, 3.05) is 11.3 Å². The lowest BCUT2D eigenvalue weighted by molar-refractivity contribution is -0.627. The molecular formula is C20H32ClN4O2S+. The summed E-state index contributed by atoms with van der Waals surface area (Å²) in [5, 5.41) is 0.278. The van der Waals surface area contributed by atoms with E-state index in [-0.39, 0.29) is 10.9 Å². The van der Waals surface area contributed by atoms with Crippen LogP contribution in [0.5, 0.6) is 0 Å². The highest BCUT2D eigenvalue weighted by atomic mass is 35.5. The summed E-state index contributed by atoms with van der Waals surface area (Å²) in [6.07, 6.45) is 13.2. The number of para-hydroxylation sites is 2. The SMILES string of the molecule is CCCCCCCCCCCCS(=O)(=O)NN[n+]1cc(Cl)nc2ccccc21. The van der Waals surface area contributed by atoms with Gasteiger partial charge in [-0.25, -0.2) is 13.4 Å². The summed E-state index contributed by atoms with van der Waals surface area (Å²) in [5.41, 5.74) is 4.12. The van der Waals surface area contributed by atoms with Crippen molar-refractivity contribution in [1.29, 1.82) is 0 Å². The monoisotopic (exact) mass is 427 g/mol. The zero-order valence-electron chi connectivity index (χ0n) is 16.7. The molecule has 2 N–H and O–H groups in total. The number of nitrogens with one attached hydrogen (secondary N) is 2. The molecule has 0 saturated carbocycles. The molecule has 1 aromatic carbocycles. The van der Waals surface area contributed by atoms with Gasteiger partial charge in [-0.2, -0.15) is 0 Å². The molecule has 0 aliphatic heterocycles. The van der Waals surface area contributed by atoms with E-state index in [0.717, 1.165) is 18.4 Å². The summed E-state index contributed by atoms with van der Waals surface area (Å²) in [6, 6.07) is 7.36. The summed E-state index contributed by atoms with van der Waals surface area (Å²) >= 11 is 6.00. The number of sulfonamides is 1. The van der Waals surface area contributed by atoms with E-state index in [1.54, 1.807) is 0 Å². The first-order valence-corrected chi connectivity index (χ1v) is 12.3. The number of hydrazine groups is 1. The lowest BCUT2D eigenvalue weighted by atomic mass is 10.1. The summed E-state index contributed by atoms with van der Waals surface area (Å²) in [5.74, 6) is 0.105. The second-order valence-electron chi connectivity index (χ2n) is 7.14. The number of rotatable bonds is 14. The first-order valence-electron chi connectivity index (χ1n) is 10.2. The summed E-state index contributed by atoms with van der Waals surface area (Å²) < 4.78 is 26.0. The van der Waals surface area contributed by atoms with Gasteiger partial charge in [-0.3, -0.25) is 0 Å². The number of aromatic nitrogens is 2. The fourth-order valence-electron chi connectivity index (χ4n) is 3.12. The van der Waals surface area contributed by atoms with Crippen LogP contribution in [-0.4, -0.2) is 19.2 Å². The Morgan fingerprint density at radius 3 is 2.25 bits per heavy atom. The molecule has 28 heavy (non-hydrogen) atoms. The van der Waals surface area contributed by atoms with Crippen LogP contribution in [0.1, 0.15) is 71.1 Å². The van der Waals surface area contributed by atoms with Crippen LogP contribution in [0.3, 0.4) is 0 Å². The van der Waals surface area contributed by atoms with Gasteiger partial charge < -0.3 is 0 Å². The summed E-state index contributed by atoms with van der Waals surface area (Å²) in [6.45, 7) is 2.23. The van der Waals surface area contributed by atoms with Crippen molar-refractivity contribution in [3.63, 3.8) is 0 Å². The van der Waals surface area contributed by atoms with Crippen molar-refractivity contribution in [3.8, 4) is 0 Å². The minimum Gasteiger partial charge on any atom is -0.224 e. The third kappa shape index (κ3) is 8.29. The first-order chi connectivity index (χ1) is 13.5. The van der Waals surface area contributed by atoms with Gasteiger partial charge in [-0.05, 0) is 12.5 Å². The average molecular weight is 428 g/mol. The van der Waals surface area contributed by atoms with Crippen LogP contribution in [0, 0.1) is 0 Å². The largest absolute Gasteiger partial charge is 0.262 e. The Labute approximate surface area is 173 Å². The quantitative estimate of drug-likeness (QED) is 0.265. The van der Waals surface area contributed by atoms with Gasteiger partial charge in [0.05, 0.1) is 5.75 Å². The molecule has 0 amide bonds. The Balaban J connectivity index is 1.68. The number of fused-ring (bicyclic) bond motifs is 1. The number of benzene rings is 1. The van der Waals surface area contributed by atoms with Crippen LogP contribution in [0.15, 0.2) is 30.5 Å². The van der Waals surface area contributed by atoms with Gasteiger partial charge in [0.15, 0.2) is 5.15 Å².